The average Bonchev–Trinajstić information content (AvgIpc) is 2.44. The number of hydrogen-bond acceptors (Lipinski definition) is 5. The molecule has 0 aliphatic carbocycles. The second-order valence-electron chi connectivity index (χ2n) is 4.89. The van der Waals surface area contributed by atoms with Crippen LogP contribution in [0.2, 0.25) is 0 Å². The third-order valence-electron chi connectivity index (χ3n) is 3.33. The molecule has 6 nitrogen and oxygen atoms in total. The molecule has 0 aromatic heterocycles. The van der Waals surface area contributed by atoms with Crippen LogP contribution in [0.15, 0.2) is 18.2 Å². The number of carbonyl (C=O) groups is 1. The van der Waals surface area contributed by atoms with Gasteiger partial charge in [-0.15, -0.1) is 0 Å². The number of carbonyl (C=O) groups excluding carboxylic acids is 1. The molecule has 1 atom stereocenters. The van der Waals surface area contributed by atoms with Crippen LogP contribution in [0, 0.1) is 0 Å². The van der Waals surface area contributed by atoms with Crippen LogP contribution in [0.25, 0.3) is 0 Å². The third-order valence-corrected chi connectivity index (χ3v) is 3.33. The molecule has 0 saturated carbocycles. The largest absolute Gasteiger partial charge is 0.494 e. The van der Waals surface area contributed by atoms with Gasteiger partial charge in [0, 0.05) is 19.6 Å². The van der Waals surface area contributed by atoms with Gasteiger partial charge in [-0.3, -0.25) is 4.79 Å². The molecule has 1 heterocycles. The molecule has 1 saturated heterocycles. The smallest absolute Gasteiger partial charge is 0.255 e. The predicted octanol–water partition coefficient (Wildman–Crippen LogP) is 0.338. The Kier molecular flexibility index (Phi) is 4.81. The van der Waals surface area contributed by atoms with E-state index in [9.17, 15) is 4.79 Å². The number of rotatable bonds is 4. The molecule has 110 valence electrons. The number of para-hydroxylation sites is 1. The summed E-state index contributed by atoms with van der Waals surface area (Å²) >= 11 is 0. The van der Waals surface area contributed by atoms with Crippen molar-refractivity contribution in [3.05, 3.63) is 23.8 Å². The number of benzene rings is 1. The van der Waals surface area contributed by atoms with Gasteiger partial charge in [0.1, 0.15) is 0 Å². The lowest BCUT2D eigenvalue weighted by Gasteiger charge is -2.30. The lowest BCUT2D eigenvalue weighted by molar-refractivity contribution is -0.0175. The van der Waals surface area contributed by atoms with Gasteiger partial charge < -0.3 is 25.4 Å². The number of likely N-dealkylation sites (N-methyl/N-ethyl adjacent to an activating group) is 1. The molecule has 0 bridgehead atoms. The molecule has 1 aromatic carbocycles. The van der Waals surface area contributed by atoms with Crippen LogP contribution in [0.3, 0.4) is 0 Å². The highest BCUT2D eigenvalue weighted by Gasteiger charge is 2.20. The zero-order chi connectivity index (χ0) is 14.5. The number of morpholine rings is 1. The summed E-state index contributed by atoms with van der Waals surface area (Å²) < 4.78 is 10.8. The van der Waals surface area contributed by atoms with E-state index in [2.05, 4.69) is 10.2 Å². The number of nitrogens with one attached hydrogen (secondary N) is 1. The maximum Gasteiger partial charge on any atom is 0.255 e. The molecule has 0 radical (unpaired) electrons. The number of amides is 1. The summed E-state index contributed by atoms with van der Waals surface area (Å²) in [4.78, 5) is 14.4. The van der Waals surface area contributed by atoms with Crippen molar-refractivity contribution >= 4 is 11.6 Å². The zero-order valence-corrected chi connectivity index (χ0v) is 11.9. The topological polar surface area (TPSA) is 76.8 Å². The predicted molar refractivity (Wildman–Crippen MR) is 77.0 cm³/mol. The van der Waals surface area contributed by atoms with Gasteiger partial charge in [-0.05, 0) is 19.2 Å². The number of anilines is 1. The highest BCUT2D eigenvalue weighted by Crippen LogP contribution is 2.25. The van der Waals surface area contributed by atoms with Crippen LogP contribution in [-0.2, 0) is 4.74 Å². The van der Waals surface area contributed by atoms with Gasteiger partial charge in [-0.2, -0.15) is 0 Å². The van der Waals surface area contributed by atoms with E-state index < -0.39 is 0 Å². The average molecular weight is 279 g/mol. The fraction of sp³-hybridized carbons (Fsp3) is 0.500. The summed E-state index contributed by atoms with van der Waals surface area (Å²) in [5.41, 5.74) is 6.68. The Balaban J connectivity index is 1.96. The van der Waals surface area contributed by atoms with Crippen LogP contribution >= 0.6 is 0 Å². The van der Waals surface area contributed by atoms with Gasteiger partial charge in [0.05, 0.1) is 31.1 Å². The number of ether oxygens (including phenoxy) is 2. The van der Waals surface area contributed by atoms with Crippen molar-refractivity contribution in [1.82, 2.24) is 10.2 Å². The summed E-state index contributed by atoms with van der Waals surface area (Å²) in [6.45, 7) is 2.90. The van der Waals surface area contributed by atoms with E-state index in [1.807, 2.05) is 7.05 Å². The van der Waals surface area contributed by atoms with Crippen molar-refractivity contribution in [1.29, 1.82) is 0 Å². The number of nitrogen functional groups attached to an aromatic ring is 1. The van der Waals surface area contributed by atoms with E-state index >= 15 is 0 Å². The van der Waals surface area contributed by atoms with Crippen LogP contribution in [0.4, 0.5) is 5.69 Å². The first-order valence-electron chi connectivity index (χ1n) is 6.62. The Labute approximate surface area is 118 Å². The Morgan fingerprint density at radius 2 is 2.40 bits per heavy atom. The maximum absolute atomic E-state index is 12.2. The van der Waals surface area contributed by atoms with E-state index in [4.69, 9.17) is 15.2 Å². The molecule has 1 amide bonds. The normalized spacial score (nSPS) is 19.6. The summed E-state index contributed by atoms with van der Waals surface area (Å²) in [5, 5.41) is 2.86. The molecule has 1 aromatic rings. The first kappa shape index (κ1) is 14.6. The van der Waals surface area contributed by atoms with Crippen molar-refractivity contribution in [3.8, 4) is 5.75 Å². The molecule has 2 rings (SSSR count). The fourth-order valence-electron chi connectivity index (χ4n) is 2.25. The SMILES string of the molecule is COc1c(N)cccc1C(=O)NCC1CN(C)CCO1. The van der Waals surface area contributed by atoms with Gasteiger partial charge in [-0.1, -0.05) is 6.07 Å². The molecule has 6 heteroatoms. The van der Waals surface area contributed by atoms with Gasteiger partial charge in [-0.25, -0.2) is 0 Å². The Morgan fingerprint density at radius 1 is 1.60 bits per heavy atom. The van der Waals surface area contributed by atoms with Crippen molar-refractivity contribution < 1.29 is 14.3 Å². The van der Waals surface area contributed by atoms with Crippen molar-refractivity contribution in [3.63, 3.8) is 0 Å². The molecule has 1 fully saturated rings. The number of nitrogens with two attached hydrogens (primary N) is 1. The number of nitrogens with zero attached hydrogens (tertiary/aromatic N) is 1. The molecule has 1 aliphatic heterocycles. The molecular weight excluding hydrogens is 258 g/mol. The summed E-state index contributed by atoms with van der Waals surface area (Å²) in [5.74, 6) is 0.206. The van der Waals surface area contributed by atoms with Crippen LogP contribution in [0.5, 0.6) is 5.75 Å². The monoisotopic (exact) mass is 279 g/mol. The van der Waals surface area contributed by atoms with Crippen molar-refractivity contribution in [2.45, 2.75) is 6.10 Å². The first-order valence-corrected chi connectivity index (χ1v) is 6.62. The third kappa shape index (κ3) is 3.40. The van der Waals surface area contributed by atoms with E-state index in [-0.39, 0.29) is 12.0 Å². The number of hydrogen-bond donors (Lipinski definition) is 2. The second kappa shape index (κ2) is 6.58. The highest BCUT2D eigenvalue weighted by molar-refractivity contribution is 5.98. The Morgan fingerprint density at radius 3 is 3.10 bits per heavy atom. The molecule has 1 unspecified atom stereocenters. The lowest BCUT2D eigenvalue weighted by atomic mass is 10.1. The molecular formula is C14H21N3O3. The quantitative estimate of drug-likeness (QED) is 0.777. The van der Waals surface area contributed by atoms with Gasteiger partial charge in [0.2, 0.25) is 0 Å². The van der Waals surface area contributed by atoms with Crippen LogP contribution in [0.1, 0.15) is 10.4 Å². The standard InChI is InChI=1S/C14H21N3O3/c1-17-6-7-20-10(9-17)8-16-14(18)11-4-3-5-12(15)13(11)19-2/h3-5,10H,6-9,15H2,1-2H3,(H,16,18). The minimum atomic E-state index is -0.203. The number of methoxy groups -OCH3 is 1. The van der Waals surface area contributed by atoms with E-state index in [0.717, 1.165) is 13.1 Å². The van der Waals surface area contributed by atoms with Crippen molar-refractivity contribution in [2.75, 3.05) is 46.1 Å². The highest BCUT2D eigenvalue weighted by atomic mass is 16.5. The van der Waals surface area contributed by atoms with E-state index in [1.54, 1.807) is 18.2 Å². The Hall–Kier alpha value is -1.79. The van der Waals surface area contributed by atoms with E-state index in [1.165, 1.54) is 7.11 Å². The van der Waals surface area contributed by atoms with Crippen molar-refractivity contribution in [2.24, 2.45) is 0 Å². The fourth-order valence-corrected chi connectivity index (χ4v) is 2.25. The summed E-state index contributed by atoms with van der Waals surface area (Å²) in [6, 6.07) is 5.13. The first-order chi connectivity index (χ1) is 9.61. The van der Waals surface area contributed by atoms with Gasteiger partial charge >= 0.3 is 0 Å². The maximum atomic E-state index is 12.2. The minimum absolute atomic E-state index is 0.0183. The molecule has 3 N–H and O–H groups in total. The zero-order valence-electron chi connectivity index (χ0n) is 11.9. The molecule has 0 spiro atoms. The summed E-state index contributed by atoms with van der Waals surface area (Å²) in [7, 11) is 3.54. The lowest BCUT2D eigenvalue weighted by Crippen LogP contribution is -2.45. The minimum Gasteiger partial charge on any atom is -0.494 e. The van der Waals surface area contributed by atoms with Crippen LogP contribution in [-0.4, -0.2) is 57.3 Å². The van der Waals surface area contributed by atoms with Gasteiger partial charge in [0.15, 0.2) is 5.75 Å². The van der Waals surface area contributed by atoms with E-state index in [0.29, 0.717) is 30.2 Å². The second-order valence-corrected chi connectivity index (χ2v) is 4.89. The summed E-state index contributed by atoms with van der Waals surface area (Å²) in [6.07, 6.45) is 0.0183. The molecule has 1 aliphatic rings. The Bertz CT molecular complexity index is 479. The van der Waals surface area contributed by atoms with Crippen LogP contribution < -0.4 is 15.8 Å². The van der Waals surface area contributed by atoms with Gasteiger partial charge in [0.25, 0.3) is 5.91 Å². The molecule has 20 heavy (non-hydrogen) atoms.